The topological polar surface area (TPSA) is 105 Å². The molecule has 0 fully saturated rings. The number of esters is 1. The van der Waals surface area contributed by atoms with Gasteiger partial charge in [-0.3, -0.25) is 9.59 Å². The lowest BCUT2D eigenvalue weighted by Gasteiger charge is -2.09. The fourth-order valence-electron chi connectivity index (χ4n) is 1.59. The Balaban J connectivity index is 2.46. The zero-order chi connectivity index (χ0) is 16.7. The van der Waals surface area contributed by atoms with Crippen LogP contribution in [0.25, 0.3) is 0 Å². The Bertz CT molecular complexity index is 589. The second-order valence-electron chi connectivity index (χ2n) is 4.55. The van der Waals surface area contributed by atoms with E-state index in [1.807, 2.05) is 0 Å². The molecule has 0 aliphatic rings. The molecule has 1 aromatic carbocycles. The first-order valence-corrected chi connectivity index (χ1v) is 7.28. The van der Waals surface area contributed by atoms with E-state index in [-0.39, 0.29) is 23.8 Å². The van der Waals surface area contributed by atoms with Gasteiger partial charge in [0, 0.05) is 20.0 Å². The third-order valence-corrected chi connectivity index (χ3v) is 3.19. The zero-order valence-corrected chi connectivity index (χ0v) is 13.8. The van der Waals surface area contributed by atoms with Crippen LogP contribution in [0.5, 0.6) is 5.75 Å². The van der Waals surface area contributed by atoms with Crippen LogP contribution in [0.15, 0.2) is 16.6 Å². The van der Waals surface area contributed by atoms with E-state index in [9.17, 15) is 19.5 Å². The number of phenolic OH excluding ortho intramolecular Hbond substituents is 1. The molecule has 0 saturated carbocycles. The van der Waals surface area contributed by atoms with E-state index in [1.165, 1.54) is 13.0 Å². The largest absolute Gasteiger partial charge is 0.506 e. The van der Waals surface area contributed by atoms with Crippen molar-refractivity contribution in [2.45, 2.75) is 13.8 Å². The molecular formula is C14H17BrN2O5. The number of carbonyl (C=O) groups excluding carboxylic acids is 3. The van der Waals surface area contributed by atoms with E-state index in [0.717, 1.165) is 5.56 Å². The van der Waals surface area contributed by atoms with Crippen molar-refractivity contribution in [2.24, 2.45) is 0 Å². The number of hydrogen-bond donors (Lipinski definition) is 3. The van der Waals surface area contributed by atoms with Crippen LogP contribution in [0.4, 0.5) is 0 Å². The van der Waals surface area contributed by atoms with Crippen LogP contribution >= 0.6 is 15.9 Å². The lowest BCUT2D eigenvalue weighted by atomic mass is 10.1. The highest BCUT2D eigenvalue weighted by molar-refractivity contribution is 9.10. The minimum Gasteiger partial charge on any atom is -0.506 e. The summed E-state index contributed by atoms with van der Waals surface area (Å²) in [7, 11) is 0. The molecule has 0 saturated heterocycles. The predicted molar refractivity (Wildman–Crippen MR) is 82.5 cm³/mol. The maximum absolute atomic E-state index is 11.9. The van der Waals surface area contributed by atoms with E-state index in [4.69, 9.17) is 4.74 Å². The molecule has 3 N–H and O–H groups in total. The van der Waals surface area contributed by atoms with Gasteiger partial charge in [-0.25, -0.2) is 4.79 Å². The molecule has 0 unspecified atom stereocenters. The average molecular weight is 373 g/mol. The summed E-state index contributed by atoms with van der Waals surface area (Å²) < 4.78 is 5.21. The van der Waals surface area contributed by atoms with E-state index >= 15 is 0 Å². The molecule has 0 aromatic heterocycles. The molecule has 7 nitrogen and oxygen atoms in total. The number of benzene rings is 1. The van der Waals surface area contributed by atoms with Gasteiger partial charge in [-0.2, -0.15) is 0 Å². The highest BCUT2D eigenvalue weighted by atomic mass is 79.9. The summed E-state index contributed by atoms with van der Waals surface area (Å²) in [6.45, 7) is 3.19. The Morgan fingerprint density at radius 2 is 1.86 bits per heavy atom. The van der Waals surface area contributed by atoms with Gasteiger partial charge in [0.25, 0.3) is 5.91 Å². The number of carbonyl (C=O) groups is 3. The Kier molecular flexibility index (Phi) is 6.84. The molecule has 2 amide bonds. The van der Waals surface area contributed by atoms with Crippen LogP contribution in [-0.4, -0.2) is 42.6 Å². The number of hydrogen-bond acceptors (Lipinski definition) is 5. The molecular weight excluding hydrogens is 356 g/mol. The van der Waals surface area contributed by atoms with Crippen molar-refractivity contribution < 1.29 is 24.2 Å². The first-order chi connectivity index (χ1) is 10.3. The van der Waals surface area contributed by atoms with E-state index < -0.39 is 18.5 Å². The number of phenols is 1. The van der Waals surface area contributed by atoms with E-state index in [2.05, 4.69) is 26.6 Å². The van der Waals surface area contributed by atoms with Gasteiger partial charge in [0.2, 0.25) is 5.91 Å². The molecule has 0 aliphatic carbocycles. The number of aromatic hydroxyl groups is 1. The molecule has 0 bridgehead atoms. The number of aryl methyl sites for hydroxylation is 1. The second kappa shape index (κ2) is 8.38. The minimum atomic E-state index is -0.793. The van der Waals surface area contributed by atoms with Crippen molar-refractivity contribution in [3.05, 3.63) is 27.7 Å². The van der Waals surface area contributed by atoms with Gasteiger partial charge in [0.15, 0.2) is 6.61 Å². The molecule has 1 aromatic rings. The summed E-state index contributed by atoms with van der Waals surface area (Å²) in [6.07, 6.45) is 0. The Morgan fingerprint density at radius 3 is 2.50 bits per heavy atom. The molecule has 8 heteroatoms. The molecule has 0 heterocycles. The van der Waals surface area contributed by atoms with Crippen LogP contribution in [0, 0.1) is 6.92 Å². The fraction of sp³-hybridized carbons (Fsp3) is 0.357. The molecule has 120 valence electrons. The predicted octanol–water partition coefficient (Wildman–Crippen LogP) is 0.872. The summed E-state index contributed by atoms with van der Waals surface area (Å²) in [5, 5.41) is 14.8. The number of rotatable bonds is 6. The van der Waals surface area contributed by atoms with Crippen molar-refractivity contribution in [3.8, 4) is 5.75 Å². The van der Waals surface area contributed by atoms with Gasteiger partial charge >= 0.3 is 5.97 Å². The molecule has 1 rings (SSSR count). The Labute approximate surface area is 136 Å². The third kappa shape index (κ3) is 5.72. The van der Waals surface area contributed by atoms with Crippen molar-refractivity contribution in [3.63, 3.8) is 0 Å². The van der Waals surface area contributed by atoms with Crippen LogP contribution in [-0.2, 0) is 14.3 Å². The summed E-state index contributed by atoms with van der Waals surface area (Å²) in [6, 6.07) is 3.12. The smallest absolute Gasteiger partial charge is 0.342 e. The zero-order valence-electron chi connectivity index (χ0n) is 12.2. The Morgan fingerprint density at radius 1 is 1.23 bits per heavy atom. The van der Waals surface area contributed by atoms with E-state index in [1.54, 1.807) is 13.0 Å². The monoisotopic (exact) mass is 372 g/mol. The highest BCUT2D eigenvalue weighted by Gasteiger charge is 2.17. The van der Waals surface area contributed by atoms with Crippen molar-refractivity contribution in [1.29, 1.82) is 0 Å². The normalized spacial score (nSPS) is 9.95. The number of halogens is 1. The summed E-state index contributed by atoms with van der Waals surface area (Å²) in [5.41, 5.74) is 0.745. The van der Waals surface area contributed by atoms with Crippen molar-refractivity contribution in [1.82, 2.24) is 10.6 Å². The van der Waals surface area contributed by atoms with Gasteiger partial charge < -0.3 is 20.5 Å². The number of amides is 2. The maximum Gasteiger partial charge on any atom is 0.342 e. The lowest BCUT2D eigenvalue weighted by molar-refractivity contribution is -0.124. The van der Waals surface area contributed by atoms with Crippen LogP contribution in [0.3, 0.4) is 0 Å². The van der Waals surface area contributed by atoms with Gasteiger partial charge in [-0.15, -0.1) is 0 Å². The van der Waals surface area contributed by atoms with Crippen molar-refractivity contribution in [2.75, 3.05) is 19.7 Å². The molecule has 0 atom stereocenters. The van der Waals surface area contributed by atoms with Crippen LogP contribution < -0.4 is 10.6 Å². The van der Waals surface area contributed by atoms with Gasteiger partial charge in [-0.1, -0.05) is 0 Å². The van der Waals surface area contributed by atoms with Crippen LogP contribution in [0.2, 0.25) is 0 Å². The van der Waals surface area contributed by atoms with E-state index in [0.29, 0.717) is 11.0 Å². The first-order valence-electron chi connectivity index (χ1n) is 6.48. The fourth-order valence-corrected chi connectivity index (χ4v) is 2.17. The van der Waals surface area contributed by atoms with Gasteiger partial charge in [0.05, 0.1) is 4.47 Å². The number of ether oxygens (including phenoxy) is 1. The van der Waals surface area contributed by atoms with Gasteiger partial charge in [-0.05, 0) is 40.5 Å². The average Bonchev–Trinajstić information content (AvgIpc) is 2.44. The number of nitrogens with one attached hydrogen (secondary N) is 2. The molecule has 22 heavy (non-hydrogen) atoms. The molecule has 0 spiro atoms. The lowest BCUT2D eigenvalue weighted by Crippen LogP contribution is -2.35. The Hall–Kier alpha value is -2.09. The quantitative estimate of drug-likeness (QED) is 0.507. The summed E-state index contributed by atoms with van der Waals surface area (Å²) in [5.74, 6) is -1.72. The highest BCUT2D eigenvalue weighted by Crippen LogP contribution is 2.29. The van der Waals surface area contributed by atoms with Crippen LogP contribution in [0.1, 0.15) is 22.8 Å². The molecule has 0 aliphatic heterocycles. The second-order valence-corrected chi connectivity index (χ2v) is 5.41. The SMILES string of the molecule is CC(=O)NCCNC(=O)COC(=O)c1cc(C)cc(Br)c1O. The standard InChI is InChI=1S/C14H17BrN2O5/c1-8-5-10(13(20)11(15)6-8)14(21)22-7-12(19)17-4-3-16-9(2)18/h5-6,20H,3-4,7H2,1-2H3,(H,16,18)(H,17,19). The minimum absolute atomic E-state index is 0.0158. The van der Waals surface area contributed by atoms with Gasteiger partial charge in [0.1, 0.15) is 11.3 Å². The first kappa shape index (κ1) is 18.0. The maximum atomic E-state index is 11.9. The summed E-state index contributed by atoms with van der Waals surface area (Å²) >= 11 is 3.13. The van der Waals surface area contributed by atoms with Crippen molar-refractivity contribution >= 4 is 33.7 Å². The summed E-state index contributed by atoms with van der Waals surface area (Å²) in [4.78, 5) is 33.9. The third-order valence-electron chi connectivity index (χ3n) is 2.58. The molecule has 0 radical (unpaired) electrons.